The van der Waals surface area contributed by atoms with Gasteiger partial charge in [0.15, 0.2) is 5.69 Å². The standard InChI is InChI=1S/C18H21N5O4/c1-3-15(24)21-13-6-4-12(5-7-13)17(25)19-10-11-20-18(26)14-8-9-16(27-2)23-22-14/h4-9H,3,10-11H2,1-2H3,(H,19,25)(H,20,26)(H,21,24). The second-order valence-corrected chi connectivity index (χ2v) is 5.45. The van der Waals surface area contributed by atoms with Gasteiger partial charge < -0.3 is 20.7 Å². The van der Waals surface area contributed by atoms with E-state index in [2.05, 4.69) is 26.1 Å². The van der Waals surface area contributed by atoms with Crippen molar-refractivity contribution in [3.63, 3.8) is 0 Å². The zero-order valence-electron chi connectivity index (χ0n) is 15.1. The highest BCUT2D eigenvalue weighted by molar-refractivity contribution is 5.96. The van der Waals surface area contributed by atoms with Crippen molar-refractivity contribution >= 4 is 23.4 Å². The van der Waals surface area contributed by atoms with Gasteiger partial charge in [-0.3, -0.25) is 14.4 Å². The normalized spacial score (nSPS) is 10.0. The van der Waals surface area contributed by atoms with Crippen LogP contribution in [-0.4, -0.2) is 48.1 Å². The molecule has 2 aromatic rings. The summed E-state index contributed by atoms with van der Waals surface area (Å²) in [5, 5.41) is 15.5. The smallest absolute Gasteiger partial charge is 0.271 e. The molecular weight excluding hydrogens is 350 g/mol. The number of hydrogen-bond donors (Lipinski definition) is 3. The van der Waals surface area contributed by atoms with Crippen LogP contribution in [0.1, 0.15) is 34.2 Å². The molecule has 0 saturated heterocycles. The molecule has 0 aliphatic carbocycles. The Kier molecular flexibility index (Phi) is 7.24. The largest absolute Gasteiger partial charge is 0.480 e. The Morgan fingerprint density at radius 3 is 2.15 bits per heavy atom. The molecule has 0 bridgehead atoms. The van der Waals surface area contributed by atoms with Crippen molar-refractivity contribution in [1.82, 2.24) is 20.8 Å². The van der Waals surface area contributed by atoms with Crippen LogP contribution in [0.5, 0.6) is 5.88 Å². The van der Waals surface area contributed by atoms with Gasteiger partial charge in [-0.05, 0) is 30.3 Å². The van der Waals surface area contributed by atoms with E-state index in [1.807, 2.05) is 0 Å². The Morgan fingerprint density at radius 1 is 0.926 bits per heavy atom. The summed E-state index contributed by atoms with van der Waals surface area (Å²) in [5.41, 5.74) is 1.25. The second kappa shape index (κ2) is 9.85. The molecule has 3 N–H and O–H groups in total. The van der Waals surface area contributed by atoms with Crippen LogP contribution >= 0.6 is 0 Å². The number of aromatic nitrogens is 2. The van der Waals surface area contributed by atoms with Crippen molar-refractivity contribution in [2.24, 2.45) is 0 Å². The second-order valence-electron chi connectivity index (χ2n) is 5.45. The van der Waals surface area contributed by atoms with Gasteiger partial charge in [-0.1, -0.05) is 6.92 Å². The Labute approximate surface area is 156 Å². The first kappa shape index (κ1) is 19.8. The van der Waals surface area contributed by atoms with Crippen molar-refractivity contribution < 1.29 is 19.1 Å². The highest BCUT2D eigenvalue weighted by atomic mass is 16.5. The first-order chi connectivity index (χ1) is 13.0. The van der Waals surface area contributed by atoms with Gasteiger partial charge in [0.2, 0.25) is 11.8 Å². The van der Waals surface area contributed by atoms with E-state index in [0.29, 0.717) is 23.6 Å². The summed E-state index contributed by atoms with van der Waals surface area (Å²) >= 11 is 0. The summed E-state index contributed by atoms with van der Waals surface area (Å²) in [5.74, 6) is -0.444. The van der Waals surface area contributed by atoms with Gasteiger partial charge in [0.1, 0.15) is 0 Å². The summed E-state index contributed by atoms with van der Waals surface area (Å²) in [6.07, 6.45) is 0.385. The number of anilines is 1. The number of methoxy groups -OCH3 is 1. The molecule has 9 nitrogen and oxygen atoms in total. The zero-order valence-corrected chi connectivity index (χ0v) is 15.1. The number of carbonyl (C=O) groups is 3. The van der Waals surface area contributed by atoms with Crippen LogP contribution in [0, 0.1) is 0 Å². The minimum Gasteiger partial charge on any atom is -0.480 e. The number of benzene rings is 1. The van der Waals surface area contributed by atoms with Crippen molar-refractivity contribution in [3.8, 4) is 5.88 Å². The van der Waals surface area contributed by atoms with Gasteiger partial charge in [-0.25, -0.2) is 0 Å². The van der Waals surface area contributed by atoms with Crippen molar-refractivity contribution in [2.75, 3.05) is 25.5 Å². The lowest BCUT2D eigenvalue weighted by molar-refractivity contribution is -0.115. The molecule has 3 amide bonds. The molecule has 0 saturated carbocycles. The topological polar surface area (TPSA) is 122 Å². The van der Waals surface area contributed by atoms with E-state index in [1.54, 1.807) is 31.2 Å². The van der Waals surface area contributed by atoms with Crippen LogP contribution < -0.4 is 20.7 Å². The minimum absolute atomic E-state index is 0.0931. The van der Waals surface area contributed by atoms with Crippen LogP contribution in [0.15, 0.2) is 36.4 Å². The number of hydrogen-bond acceptors (Lipinski definition) is 6. The third-order valence-corrected chi connectivity index (χ3v) is 3.53. The molecule has 27 heavy (non-hydrogen) atoms. The number of amides is 3. The van der Waals surface area contributed by atoms with Crippen LogP contribution in [0.4, 0.5) is 5.69 Å². The highest BCUT2D eigenvalue weighted by Crippen LogP contribution is 2.09. The fourth-order valence-electron chi connectivity index (χ4n) is 2.05. The molecule has 1 aromatic carbocycles. The van der Waals surface area contributed by atoms with Gasteiger partial charge in [0, 0.05) is 36.8 Å². The van der Waals surface area contributed by atoms with E-state index in [1.165, 1.54) is 19.2 Å². The zero-order chi connectivity index (χ0) is 19.6. The Hall–Kier alpha value is -3.49. The van der Waals surface area contributed by atoms with Gasteiger partial charge in [0.05, 0.1) is 7.11 Å². The van der Waals surface area contributed by atoms with Gasteiger partial charge in [-0.2, -0.15) is 0 Å². The van der Waals surface area contributed by atoms with E-state index in [-0.39, 0.29) is 30.6 Å². The average molecular weight is 371 g/mol. The van der Waals surface area contributed by atoms with Crippen molar-refractivity contribution in [2.45, 2.75) is 13.3 Å². The lowest BCUT2D eigenvalue weighted by atomic mass is 10.2. The van der Waals surface area contributed by atoms with E-state index >= 15 is 0 Å². The first-order valence-corrected chi connectivity index (χ1v) is 8.37. The minimum atomic E-state index is -0.393. The van der Waals surface area contributed by atoms with Gasteiger partial charge in [0.25, 0.3) is 11.8 Å². The highest BCUT2D eigenvalue weighted by Gasteiger charge is 2.09. The number of rotatable bonds is 8. The number of nitrogens with one attached hydrogen (secondary N) is 3. The maximum atomic E-state index is 12.1. The van der Waals surface area contributed by atoms with Crippen LogP contribution in [0.3, 0.4) is 0 Å². The van der Waals surface area contributed by atoms with E-state index in [0.717, 1.165) is 0 Å². The maximum Gasteiger partial charge on any atom is 0.271 e. The number of ether oxygens (including phenoxy) is 1. The predicted octanol–water partition coefficient (Wildman–Crippen LogP) is 0.993. The van der Waals surface area contributed by atoms with E-state index < -0.39 is 5.91 Å². The van der Waals surface area contributed by atoms with E-state index in [9.17, 15) is 14.4 Å². The molecule has 0 spiro atoms. The predicted molar refractivity (Wildman–Crippen MR) is 98.6 cm³/mol. The van der Waals surface area contributed by atoms with Crippen LogP contribution in [0.2, 0.25) is 0 Å². The summed E-state index contributed by atoms with van der Waals surface area (Å²) in [6, 6.07) is 9.59. The van der Waals surface area contributed by atoms with Gasteiger partial charge >= 0.3 is 0 Å². The molecule has 9 heteroatoms. The summed E-state index contributed by atoms with van der Waals surface area (Å²) in [4.78, 5) is 35.3. The molecule has 0 aliphatic rings. The molecule has 142 valence electrons. The Bertz CT molecular complexity index is 790. The summed E-state index contributed by atoms with van der Waals surface area (Å²) in [6.45, 7) is 2.25. The third-order valence-electron chi connectivity index (χ3n) is 3.53. The quantitative estimate of drug-likeness (QED) is 0.595. The molecule has 0 unspecified atom stereocenters. The third kappa shape index (κ3) is 6.07. The monoisotopic (exact) mass is 371 g/mol. The summed E-state index contributed by atoms with van der Waals surface area (Å²) < 4.78 is 4.87. The molecule has 0 atom stereocenters. The lowest BCUT2D eigenvalue weighted by Crippen LogP contribution is -2.35. The lowest BCUT2D eigenvalue weighted by Gasteiger charge is -2.08. The number of nitrogens with zero attached hydrogens (tertiary/aromatic N) is 2. The van der Waals surface area contributed by atoms with Gasteiger partial charge in [-0.15, -0.1) is 10.2 Å². The maximum absolute atomic E-state index is 12.1. The Morgan fingerprint density at radius 2 is 1.59 bits per heavy atom. The SMILES string of the molecule is CCC(=O)Nc1ccc(C(=O)NCCNC(=O)c2ccc(OC)nn2)cc1. The first-order valence-electron chi connectivity index (χ1n) is 8.37. The molecule has 0 radical (unpaired) electrons. The van der Waals surface area contributed by atoms with Crippen molar-refractivity contribution in [3.05, 3.63) is 47.7 Å². The molecule has 0 fully saturated rings. The molecule has 1 heterocycles. The summed E-state index contributed by atoms with van der Waals surface area (Å²) in [7, 11) is 1.46. The average Bonchev–Trinajstić information content (AvgIpc) is 2.71. The van der Waals surface area contributed by atoms with Crippen LogP contribution in [0.25, 0.3) is 0 Å². The number of carbonyl (C=O) groups excluding carboxylic acids is 3. The van der Waals surface area contributed by atoms with E-state index in [4.69, 9.17) is 4.74 Å². The fourth-order valence-corrected chi connectivity index (χ4v) is 2.05. The molecule has 1 aromatic heterocycles. The molecular formula is C18H21N5O4. The fraction of sp³-hybridized carbons (Fsp3) is 0.278. The molecule has 0 aliphatic heterocycles. The van der Waals surface area contributed by atoms with Crippen LogP contribution in [-0.2, 0) is 4.79 Å². The van der Waals surface area contributed by atoms with Crippen molar-refractivity contribution in [1.29, 1.82) is 0 Å². The molecule has 2 rings (SSSR count). The Balaban J connectivity index is 1.75.